The van der Waals surface area contributed by atoms with Crippen LogP contribution >= 0.6 is 23.2 Å². The lowest BCUT2D eigenvalue weighted by Crippen LogP contribution is -2.40. The van der Waals surface area contributed by atoms with Gasteiger partial charge in [0.15, 0.2) is 0 Å². The fourth-order valence-electron chi connectivity index (χ4n) is 5.45. The van der Waals surface area contributed by atoms with Gasteiger partial charge in [-0.2, -0.15) is 0 Å². The second kappa shape index (κ2) is 14.5. The number of rotatable bonds is 11. The largest absolute Gasteiger partial charge is 0.337 e. The number of piperidine rings is 1. The molecule has 0 bridgehead atoms. The predicted octanol–water partition coefficient (Wildman–Crippen LogP) is 8.38. The summed E-state index contributed by atoms with van der Waals surface area (Å²) in [6, 6.07) is 19.5. The molecule has 2 N–H and O–H groups in total. The van der Waals surface area contributed by atoms with Gasteiger partial charge in [-0.3, -0.25) is 10.1 Å². The highest BCUT2D eigenvalue weighted by atomic mass is 35.5. The number of nitrogens with one attached hydrogen (secondary N) is 2. The maximum absolute atomic E-state index is 12.8. The van der Waals surface area contributed by atoms with Crippen molar-refractivity contribution in [2.75, 3.05) is 31.5 Å². The quantitative estimate of drug-likeness (QED) is 0.135. The second-order valence-corrected chi connectivity index (χ2v) is 11.3. The average molecular weight is 584 g/mol. The number of carbonyl (C=O) groups excluding carboxylic acids is 1. The molecule has 9 heteroatoms. The van der Waals surface area contributed by atoms with Crippen molar-refractivity contribution in [3.63, 3.8) is 0 Å². The monoisotopic (exact) mass is 582 g/mol. The Kier molecular flexibility index (Phi) is 10.8. The zero-order valence-corrected chi connectivity index (χ0v) is 24.3. The van der Waals surface area contributed by atoms with Gasteiger partial charge < -0.3 is 15.5 Å². The SMILES string of the molecule is CCCCCN1CCC(C(CNC(=O)Nc2cc(Cl)cc(Cl)c2)c2ccc(-c3cccc([N+](=O)[O-])c3)cc2)CC1. The summed E-state index contributed by atoms with van der Waals surface area (Å²) >= 11 is 12.2. The number of nitro benzene ring substituents is 1. The second-order valence-electron chi connectivity index (χ2n) is 10.4. The minimum atomic E-state index is -0.378. The average Bonchev–Trinajstić information content (AvgIpc) is 2.94. The third-order valence-corrected chi connectivity index (χ3v) is 8.05. The first-order valence-electron chi connectivity index (χ1n) is 13.9. The Hall–Kier alpha value is -3.13. The topological polar surface area (TPSA) is 87.5 Å². The van der Waals surface area contributed by atoms with E-state index in [1.807, 2.05) is 18.2 Å². The number of halogens is 2. The Balaban J connectivity index is 1.47. The van der Waals surface area contributed by atoms with Gasteiger partial charge in [-0.15, -0.1) is 0 Å². The molecule has 0 saturated carbocycles. The van der Waals surface area contributed by atoms with E-state index in [-0.39, 0.29) is 22.6 Å². The van der Waals surface area contributed by atoms with Crippen molar-refractivity contribution in [1.29, 1.82) is 0 Å². The molecule has 2 amide bonds. The number of anilines is 1. The van der Waals surface area contributed by atoms with Crippen LogP contribution in [0.15, 0.2) is 66.7 Å². The maximum atomic E-state index is 12.8. The highest BCUT2D eigenvalue weighted by Crippen LogP contribution is 2.34. The zero-order chi connectivity index (χ0) is 28.5. The van der Waals surface area contributed by atoms with Gasteiger partial charge in [0.25, 0.3) is 5.69 Å². The molecule has 0 aliphatic carbocycles. The first kappa shape index (κ1) is 29.8. The fourth-order valence-corrected chi connectivity index (χ4v) is 5.97. The van der Waals surface area contributed by atoms with Crippen LogP contribution in [0.5, 0.6) is 0 Å². The van der Waals surface area contributed by atoms with Crippen molar-refractivity contribution in [2.24, 2.45) is 5.92 Å². The molecule has 7 nitrogen and oxygen atoms in total. The summed E-state index contributed by atoms with van der Waals surface area (Å²) < 4.78 is 0. The van der Waals surface area contributed by atoms with Gasteiger partial charge >= 0.3 is 6.03 Å². The molecule has 1 unspecified atom stereocenters. The molecule has 1 aliphatic heterocycles. The minimum absolute atomic E-state index is 0.0707. The number of likely N-dealkylation sites (tertiary alicyclic amines) is 1. The van der Waals surface area contributed by atoms with Crippen LogP contribution in [-0.4, -0.2) is 42.0 Å². The van der Waals surface area contributed by atoms with Crippen molar-refractivity contribution >= 4 is 40.6 Å². The van der Waals surface area contributed by atoms with Gasteiger partial charge in [-0.25, -0.2) is 4.79 Å². The smallest absolute Gasteiger partial charge is 0.319 e. The van der Waals surface area contributed by atoms with Gasteiger partial charge in [-0.1, -0.05) is 79.4 Å². The first-order chi connectivity index (χ1) is 19.3. The molecule has 4 rings (SSSR count). The Labute approximate surface area is 246 Å². The lowest BCUT2D eigenvalue weighted by Gasteiger charge is -2.36. The summed E-state index contributed by atoms with van der Waals surface area (Å²) in [6.07, 6.45) is 5.85. The van der Waals surface area contributed by atoms with E-state index >= 15 is 0 Å². The van der Waals surface area contributed by atoms with Crippen LogP contribution in [0.3, 0.4) is 0 Å². The highest BCUT2D eigenvalue weighted by molar-refractivity contribution is 6.35. The molecule has 1 saturated heterocycles. The van der Waals surface area contributed by atoms with Crippen molar-refractivity contribution in [1.82, 2.24) is 10.2 Å². The normalized spacial score (nSPS) is 15.0. The molecule has 40 heavy (non-hydrogen) atoms. The van der Waals surface area contributed by atoms with E-state index in [0.29, 0.717) is 28.2 Å². The lowest BCUT2D eigenvalue weighted by molar-refractivity contribution is -0.384. The highest BCUT2D eigenvalue weighted by Gasteiger charge is 2.28. The molecule has 212 valence electrons. The Morgan fingerprint density at radius 2 is 1.70 bits per heavy atom. The Bertz CT molecular complexity index is 1270. The van der Waals surface area contributed by atoms with Crippen molar-refractivity contribution in [3.8, 4) is 11.1 Å². The van der Waals surface area contributed by atoms with Gasteiger partial charge in [0.2, 0.25) is 0 Å². The van der Waals surface area contributed by atoms with Crippen LogP contribution < -0.4 is 10.6 Å². The van der Waals surface area contributed by atoms with Gasteiger partial charge in [0.1, 0.15) is 0 Å². The van der Waals surface area contributed by atoms with E-state index in [4.69, 9.17) is 23.2 Å². The molecule has 0 radical (unpaired) electrons. The summed E-state index contributed by atoms with van der Waals surface area (Å²) in [7, 11) is 0. The minimum Gasteiger partial charge on any atom is -0.337 e. The molecule has 3 aromatic rings. The maximum Gasteiger partial charge on any atom is 0.319 e. The number of carbonyl (C=O) groups is 1. The standard InChI is InChI=1S/C31H36Cl2N4O3/c1-2-3-4-14-36-15-12-24(13-16-36)30(21-34-31(38)35-28-19-26(32)18-27(33)20-28)23-10-8-22(9-11-23)25-6-5-7-29(17-25)37(39)40/h5-11,17-20,24,30H,2-4,12-16,21H2,1H3,(H2,34,35,38). The predicted molar refractivity (Wildman–Crippen MR) is 163 cm³/mol. The fraction of sp³-hybridized carbons (Fsp3) is 0.387. The first-order valence-corrected chi connectivity index (χ1v) is 14.7. The Morgan fingerprint density at radius 1 is 1.00 bits per heavy atom. The molecule has 3 aromatic carbocycles. The van der Waals surface area contributed by atoms with Crippen molar-refractivity contribution < 1.29 is 9.72 Å². The van der Waals surface area contributed by atoms with E-state index in [9.17, 15) is 14.9 Å². The van der Waals surface area contributed by atoms with E-state index in [2.05, 4.69) is 34.6 Å². The third-order valence-electron chi connectivity index (χ3n) is 7.61. The lowest BCUT2D eigenvalue weighted by atomic mass is 9.79. The van der Waals surface area contributed by atoms with Crippen LogP contribution in [0, 0.1) is 16.0 Å². The summed E-state index contributed by atoms with van der Waals surface area (Å²) in [4.78, 5) is 26.2. The van der Waals surface area contributed by atoms with E-state index in [1.54, 1.807) is 30.3 Å². The number of nitro groups is 1. The number of urea groups is 1. The number of nitrogens with zero attached hydrogens (tertiary/aromatic N) is 2. The molecule has 0 spiro atoms. The molecule has 1 fully saturated rings. The van der Waals surface area contributed by atoms with E-state index < -0.39 is 0 Å². The number of non-ortho nitro benzene ring substituents is 1. The van der Waals surface area contributed by atoms with Crippen LogP contribution in [0.1, 0.15) is 50.5 Å². The Morgan fingerprint density at radius 3 is 2.35 bits per heavy atom. The van der Waals surface area contributed by atoms with Gasteiger partial charge in [0, 0.05) is 40.3 Å². The van der Waals surface area contributed by atoms with Crippen LogP contribution in [0.2, 0.25) is 10.0 Å². The van der Waals surface area contributed by atoms with E-state index in [1.165, 1.54) is 25.3 Å². The van der Waals surface area contributed by atoms with E-state index in [0.717, 1.165) is 49.2 Å². The van der Waals surface area contributed by atoms with Crippen LogP contribution in [-0.2, 0) is 0 Å². The summed E-state index contributed by atoms with van der Waals surface area (Å²) in [5.41, 5.74) is 3.47. The molecular weight excluding hydrogens is 547 g/mol. The molecular formula is C31H36Cl2N4O3. The molecule has 1 atom stereocenters. The third kappa shape index (κ3) is 8.43. The number of hydrogen-bond acceptors (Lipinski definition) is 4. The summed E-state index contributed by atoms with van der Waals surface area (Å²) in [5.74, 6) is 0.553. The number of unbranched alkanes of at least 4 members (excludes halogenated alkanes) is 2. The summed E-state index contributed by atoms with van der Waals surface area (Å²) in [5, 5.41) is 18.0. The number of benzene rings is 3. The number of amides is 2. The van der Waals surface area contributed by atoms with Crippen molar-refractivity contribution in [3.05, 3.63) is 92.5 Å². The molecule has 1 aliphatic rings. The number of hydrogen-bond donors (Lipinski definition) is 2. The van der Waals surface area contributed by atoms with Crippen LogP contribution in [0.25, 0.3) is 11.1 Å². The molecule has 1 heterocycles. The zero-order valence-electron chi connectivity index (χ0n) is 22.7. The van der Waals surface area contributed by atoms with Gasteiger partial charge in [0.05, 0.1) is 4.92 Å². The molecule has 0 aromatic heterocycles. The summed E-state index contributed by atoms with van der Waals surface area (Å²) in [6.45, 7) is 5.97. The van der Waals surface area contributed by atoms with Gasteiger partial charge in [-0.05, 0) is 79.7 Å². The van der Waals surface area contributed by atoms with Crippen LogP contribution in [0.4, 0.5) is 16.2 Å². The van der Waals surface area contributed by atoms with Crippen molar-refractivity contribution in [2.45, 2.75) is 44.9 Å².